The van der Waals surface area contributed by atoms with E-state index in [9.17, 15) is 23.2 Å². The average molecular weight is 611 g/mol. The lowest BCUT2D eigenvalue weighted by atomic mass is 9.96. The Balaban J connectivity index is 1.37. The van der Waals surface area contributed by atoms with Crippen molar-refractivity contribution in [2.24, 2.45) is 5.92 Å². The minimum atomic E-state index is -0.864. The zero-order valence-corrected chi connectivity index (χ0v) is 24.8. The highest BCUT2D eigenvalue weighted by Crippen LogP contribution is 2.34. The van der Waals surface area contributed by atoms with Crippen LogP contribution in [0.3, 0.4) is 0 Å². The molecule has 4 aromatic rings. The lowest BCUT2D eigenvalue weighted by Crippen LogP contribution is -2.43. The number of aromatic nitrogens is 6. The van der Waals surface area contributed by atoms with Gasteiger partial charge in [0.05, 0.1) is 17.9 Å². The Bertz CT molecular complexity index is 1640. The molecule has 1 atom stereocenters. The number of pyridine rings is 1. The van der Waals surface area contributed by atoms with E-state index in [1.807, 2.05) is 13.8 Å². The minimum absolute atomic E-state index is 0.0290. The Morgan fingerprint density at radius 2 is 1.84 bits per heavy atom. The van der Waals surface area contributed by atoms with E-state index in [4.69, 9.17) is 0 Å². The summed E-state index contributed by atoms with van der Waals surface area (Å²) in [7, 11) is 0. The van der Waals surface area contributed by atoms with Gasteiger partial charge in [-0.2, -0.15) is 14.6 Å². The molecule has 0 spiro atoms. The monoisotopic (exact) mass is 610 g/mol. The Morgan fingerprint density at radius 3 is 2.56 bits per heavy atom. The third kappa shape index (κ3) is 7.01. The molecule has 226 valence electrons. The van der Waals surface area contributed by atoms with Gasteiger partial charge in [0.25, 0.3) is 11.8 Å². The number of carbonyl (C=O) groups excluding carboxylic acids is 3. The number of nitrogens with zero attached hydrogens (tertiary/aromatic N) is 6. The molecular formula is C29H32F2N8O3S. The molecule has 43 heavy (non-hydrogen) atoms. The molecule has 1 aliphatic rings. The molecule has 4 heterocycles. The van der Waals surface area contributed by atoms with E-state index in [1.54, 1.807) is 16.3 Å². The van der Waals surface area contributed by atoms with Crippen LogP contribution in [0.4, 0.5) is 14.5 Å². The van der Waals surface area contributed by atoms with Gasteiger partial charge in [-0.05, 0) is 37.3 Å². The van der Waals surface area contributed by atoms with E-state index in [0.717, 1.165) is 48.9 Å². The molecule has 1 unspecified atom stereocenters. The number of nitrogens with one attached hydrogen (secondary N) is 2. The van der Waals surface area contributed by atoms with Gasteiger partial charge >= 0.3 is 0 Å². The average Bonchev–Trinajstić information content (AvgIpc) is 3.73. The number of rotatable bonds is 9. The summed E-state index contributed by atoms with van der Waals surface area (Å²) in [5.41, 5.74) is 0.520. The number of thiazole rings is 1. The van der Waals surface area contributed by atoms with Crippen LogP contribution in [0, 0.1) is 17.7 Å². The van der Waals surface area contributed by atoms with E-state index in [2.05, 4.69) is 30.8 Å². The van der Waals surface area contributed by atoms with Gasteiger partial charge in [0.2, 0.25) is 11.9 Å². The van der Waals surface area contributed by atoms with Crippen molar-refractivity contribution in [3.63, 3.8) is 0 Å². The third-order valence-electron chi connectivity index (χ3n) is 7.14. The van der Waals surface area contributed by atoms with Gasteiger partial charge in [0.15, 0.2) is 5.82 Å². The van der Waals surface area contributed by atoms with Gasteiger partial charge in [0.1, 0.15) is 28.1 Å². The number of anilines is 1. The molecular weight excluding hydrogens is 578 g/mol. The van der Waals surface area contributed by atoms with Crippen LogP contribution >= 0.6 is 11.3 Å². The SMILES string of the molecule is CC(=O)NC(CC(C)C)C(=O)n1cc(-c2nc(C(=O)Nc3cn(C4CCCCC4)nc3-c3nc(F)ccc3F)cs2)cn1. The topological polar surface area (TPSA) is 137 Å². The van der Waals surface area contributed by atoms with Crippen molar-refractivity contribution in [3.05, 3.63) is 53.6 Å². The molecule has 0 radical (unpaired) electrons. The van der Waals surface area contributed by atoms with Crippen molar-refractivity contribution in [2.75, 3.05) is 5.32 Å². The fraction of sp³-hybridized carbons (Fsp3) is 0.414. The van der Waals surface area contributed by atoms with E-state index in [1.165, 1.54) is 30.7 Å². The molecule has 0 aliphatic heterocycles. The zero-order chi connectivity index (χ0) is 30.7. The quantitative estimate of drug-likeness (QED) is 0.239. The summed E-state index contributed by atoms with van der Waals surface area (Å²) < 4.78 is 31.5. The van der Waals surface area contributed by atoms with Crippen LogP contribution in [0.2, 0.25) is 0 Å². The van der Waals surface area contributed by atoms with Crippen LogP contribution in [-0.2, 0) is 4.79 Å². The van der Waals surface area contributed by atoms with Crippen LogP contribution in [-0.4, -0.2) is 53.3 Å². The molecule has 2 N–H and O–H groups in total. The highest BCUT2D eigenvalue weighted by molar-refractivity contribution is 7.13. The zero-order valence-electron chi connectivity index (χ0n) is 24.0. The standard InChI is InChI=1S/C29H32F2N8O3S/c1-16(2)11-21(33-17(3)40)29(42)39-13-18(12-32-39)28-35-23(15-43-28)27(41)34-22-14-38(19-7-5-4-6-8-19)37-26(22)25-20(30)9-10-24(31)36-25/h9-10,12-16,19,21H,4-8,11H2,1-3H3,(H,33,40)(H,34,41). The Morgan fingerprint density at radius 1 is 1.07 bits per heavy atom. The van der Waals surface area contributed by atoms with Crippen molar-refractivity contribution in [1.29, 1.82) is 0 Å². The third-order valence-corrected chi connectivity index (χ3v) is 8.03. The molecule has 1 saturated carbocycles. The second kappa shape index (κ2) is 12.9. The molecule has 1 fully saturated rings. The Labute approximate surface area is 250 Å². The van der Waals surface area contributed by atoms with Gasteiger partial charge in [0, 0.05) is 30.3 Å². The molecule has 0 saturated heterocycles. The molecule has 0 aromatic carbocycles. The van der Waals surface area contributed by atoms with Crippen molar-refractivity contribution in [2.45, 2.75) is 71.4 Å². The number of hydrogen-bond donors (Lipinski definition) is 2. The molecule has 11 nitrogen and oxygen atoms in total. The number of hydrogen-bond acceptors (Lipinski definition) is 8. The van der Waals surface area contributed by atoms with E-state index < -0.39 is 23.7 Å². The lowest BCUT2D eigenvalue weighted by molar-refractivity contribution is -0.119. The lowest BCUT2D eigenvalue weighted by Gasteiger charge is -2.21. The first kappa shape index (κ1) is 30.1. The van der Waals surface area contributed by atoms with E-state index >= 15 is 0 Å². The van der Waals surface area contributed by atoms with Gasteiger partial charge < -0.3 is 10.6 Å². The van der Waals surface area contributed by atoms with E-state index in [-0.39, 0.29) is 46.5 Å². The van der Waals surface area contributed by atoms with Crippen LogP contribution < -0.4 is 10.6 Å². The maximum atomic E-state index is 14.7. The number of amides is 2. The Kier molecular flexibility index (Phi) is 9.04. The highest BCUT2D eigenvalue weighted by atomic mass is 32.1. The first-order valence-corrected chi connectivity index (χ1v) is 15.0. The number of halogens is 2. The van der Waals surface area contributed by atoms with Crippen LogP contribution in [0.1, 0.15) is 80.6 Å². The van der Waals surface area contributed by atoms with E-state index in [0.29, 0.717) is 17.0 Å². The van der Waals surface area contributed by atoms with Crippen LogP contribution in [0.5, 0.6) is 0 Å². The van der Waals surface area contributed by atoms with Gasteiger partial charge in [-0.25, -0.2) is 19.0 Å². The van der Waals surface area contributed by atoms with Crippen molar-refractivity contribution in [3.8, 4) is 22.0 Å². The van der Waals surface area contributed by atoms with Gasteiger partial charge in [-0.1, -0.05) is 33.1 Å². The van der Waals surface area contributed by atoms with Crippen LogP contribution in [0.15, 0.2) is 36.1 Å². The summed E-state index contributed by atoms with van der Waals surface area (Å²) in [5.74, 6) is -2.73. The summed E-state index contributed by atoms with van der Waals surface area (Å²) >= 11 is 1.18. The van der Waals surface area contributed by atoms with Gasteiger partial charge in [-0.3, -0.25) is 19.1 Å². The smallest absolute Gasteiger partial charge is 0.275 e. The first-order valence-electron chi connectivity index (χ1n) is 14.1. The number of carbonyl (C=O) groups is 3. The maximum Gasteiger partial charge on any atom is 0.275 e. The fourth-order valence-electron chi connectivity index (χ4n) is 5.12. The normalized spacial score (nSPS) is 14.6. The summed E-state index contributed by atoms with van der Waals surface area (Å²) in [4.78, 5) is 46.1. The summed E-state index contributed by atoms with van der Waals surface area (Å²) in [6, 6.07) is 1.24. The summed E-state index contributed by atoms with van der Waals surface area (Å²) in [6.45, 7) is 5.26. The predicted octanol–water partition coefficient (Wildman–Crippen LogP) is 5.49. The second-order valence-corrected chi connectivity index (χ2v) is 11.9. The largest absolute Gasteiger partial charge is 0.344 e. The molecule has 5 rings (SSSR count). The maximum absolute atomic E-state index is 14.7. The van der Waals surface area contributed by atoms with Gasteiger partial charge in [-0.15, -0.1) is 11.3 Å². The summed E-state index contributed by atoms with van der Waals surface area (Å²) in [5, 5.41) is 16.1. The first-order chi connectivity index (χ1) is 20.6. The predicted molar refractivity (Wildman–Crippen MR) is 156 cm³/mol. The summed E-state index contributed by atoms with van der Waals surface area (Å²) in [6.07, 6.45) is 10.0. The van der Waals surface area contributed by atoms with Crippen molar-refractivity contribution >= 4 is 34.7 Å². The highest BCUT2D eigenvalue weighted by Gasteiger charge is 2.26. The molecule has 1 aliphatic carbocycles. The molecule has 0 bridgehead atoms. The Hall–Kier alpha value is -4.33. The van der Waals surface area contributed by atoms with Crippen LogP contribution in [0.25, 0.3) is 22.0 Å². The second-order valence-electron chi connectivity index (χ2n) is 11.0. The van der Waals surface area contributed by atoms with Crippen molar-refractivity contribution in [1.82, 2.24) is 34.8 Å². The molecule has 14 heteroatoms. The molecule has 2 amide bonds. The van der Waals surface area contributed by atoms with Crippen molar-refractivity contribution < 1.29 is 23.2 Å². The molecule has 4 aromatic heterocycles. The minimum Gasteiger partial charge on any atom is -0.344 e. The fourth-order valence-corrected chi connectivity index (χ4v) is 5.90.